The van der Waals surface area contributed by atoms with Crippen molar-refractivity contribution in [1.82, 2.24) is 10.6 Å². The minimum Gasteiger partial charge on any atom is -0.467 e. The molecule has 26 heavy (non-hydrogen) atoms. The van der Waals surface area contributed by atoms with Gasteiger partial charge in [-0.1, -0.05) is 0 Å². The molecule has 0 bridgehead atoms. The van der Waals surface area contributed by atoms with Gasteiger partial charge < -0.3 is 24.8 Å². The van der Waals surface area contributed by atoms with Gasteiger partial charge in [0.2, 0.25) is 0 Å². The summed E-state index contributed by atoms with van der Waals surface area (Å²) < 4.78 is 14.9. The highest BCUT2D eigenvalue weighted by molar-refractivity contribution is 6.20. The maximum absolute atomic E-state index is 11.8. The molecule has 0 aromatic rings. The van der Waals surface area contributed by atoms with Crippen LogP contribution >= 0.6 is 11.6 Å². The molecule has 2 atom stereocenters. The first-order valence-corrected chi connectivity index (χ1v) is 8.85. The highest BCUT2D eigenvalue weighted by atomic mass is 35.5. The van der Waals surface area contributed by atoms with E-state index in [-0.39, 0.29) is 13.0 Å². The molecule has 0 fully saturated rings. The van der Waals surface area contributed by atoms with Gasteiger partial charge in [-0.05, 0) is 54.4 Å². The molecule has 0 aliphatic heterocycles. The van der Waals surface area contributed by atoms with E-state index in [1.54, 1.807) is 41.5 Å². The Bertz CT molecular complexity index is 485. The summed E-state index contributed by atoms with van der Waals surface area (Å²) in [5.74, 6) is -0.624. The standard InChI is InChI=1S/C17H31ClN2O6/c1-16(2,3)25-14(22)19-9-8-11(18)10-12(13(21)24-7)20-15(23)26-17(4,5)6/h11-12H,8-10H2,1-7H3,(H,19,22)(H,20,23)/t11-,12-/m0/s1. The summed E-state index contributed by atoms with van der Waals surface area (Å²) in [5.41, 5.74) is -1.28. The molecule has 9 heteroatoms. The van der Waals surface area contributed by atoms with Crippen LogP contribution in [0.4, 0.5) is 9.59 Å². The lowest BCUT2D eigenvalue weighted by molar-refractivity contribution is -0.143. The minimum absolute atomic E-state index is 0.128. The predicted molar refractivity (Wildman–Crippen MR) is 98.3 cm³/mol. The Hall–Kier alpha value is -1.70. The number of carbonyl (C=O) groups is 3. The predicted octanol–water partition coefficient (Wildman–Crippen LogP) is 2.97. The van der Waals surface area contributed by atoms with Gasteiger partial charge in [-0.25, -0.2) is 14.4 Å². The summed E-state index contributed by atoms with van der Waals surface area (Å²) in [6.07, 6.45) is -0.769. The van der Waals surface area contributed by atoms with E-state index < -0.39 is 40.8 Å². The molecule has 2 N–H and O–H groups in total. The van der Waals surface area contributed by atoms with Crippen molar-refractivity contribution in [3.63, 3.8) is 0 Å². The number of alkyl halides is 1. The molecular weight excluding hydrogens is 364 g/mol. The number of alkyl carbamates (subject to hydrolysis) is 2. The SMILES string of the molecule is COC(=O)[C@H](C[C@@H](Cl)CCNC(=O)OC(C)(C)C)NC(=O)OC(C)(C)C. The third-order valence-electron chi connectivity index (χ3n) is 2.79. The van der Waals surface area contributed by atoms with E-state index >= 15 is 0 Å². The Morgan fingerprint density at radius 2 is 1.46 bits per heavy atom. The first kappa shape index (κ1) is 24.3. The summed E-state index contributed by atoms with van der Waals surface area (Å²) in [6.45, 7) is 10.7. The second kappa shape index (κ2) is 10.4. The smallest absolute Gasteiger partial charge is 0.408 e. The van der Waals surface area contributed by atoms with E-state index in [1.165, 1.54) is 7.11 Å². The van der Waals surface area contributed by atoms with E-state index in [1.807, 2.05) is 0 Å². The molecule has 2 amide bonds. The quantitative estimate of drug-likeness (QED) is 0.391. The first-order chi connectivity index (χ1) is 11.7. The van der Waals surface area contributed by atoms with Crippen molar-refractivity contribution in [2.45, 2.75) is 77.0 Å². The Morgan fingerprint density at radius 3 is 1.92 bits per heavy atom. The zero-order valence-electron chi connectivity index (χ0n) is 16.6. The molecular formula is C17H31ClN2O6. The Morgan fingerprint density at radius 1 is 0.962 bits per heavy atom. The maximum atomic E-state index is 11.8. The van der Waals surface area contributed by atoms with Crippen LogP contribution in [0.25, 0.3) is 0 Å². The summed E-state index contributed by atoms with van der Waals surface area (Å²) in [6, 6.07) is -0.945. The summed E-state index contributed by atoms with van der Waals surface area (Å²) >= 11 is 6.22. The van der Waals surface area contributed by atoms with E-state index in [0.29, 0.717) is 6.42 Å². The summed E-state index contributed by atoms with van der Waals surface area (Å²) in [7, 11) is 1.22. The van der Waals surface area contributed by atoms with Gasteiger partial charge >= 0.3 is 18.2 Å². The molecule has 0 spiro atoms. The van der Waals surface area contributed by atoms with Crippen molar-refractivity contribution in [3.8, 4) is 0 Å². The molecule has 8 nitrogen and oxygen atoms in total. The highest BCUT2D eigenvalue weighted by Crippen LogP contribution is 2.13. The van der Waals surface area contributed by atoms with E-state index in [2.05, 4.69) is 15.4 Å². The van der Waals surface area contributed by atoms with Crippen molar-refractivity contribution in [1.29, 1.82) is 0 Å². The fraction of sp³-hybridized carbons (Fsp3) is 0.824. The normalized spacial score (nSPS) is 14.0. The van der Waals surface area contributed by atoms with Crippen LogP contribution in [0, 0.1) is 0 Å². The molecule has 0 aromatic heterocycles. The highest BCUT2D eigenvalue weighted by Gasteiger charge is 2.27. The zero-order chi connectivity index (χ0) is 20.5. The van der Waals surface area contributed by atoms with E-state index in [0.717, 1.165) is 0 Å². The van der Waals surface area contributed by atoms with Crippen molar-refractivity contribution >= 4 is 29.8 Å². The number of nitrogens with one attached hydrogen (secondary N) is 2. The van der Waals surface area contributed by atoms with E-state index in [9.17, 15) is 14.4 Å². The monoisotopic (exact) mass is 394 g/mol. The Labute approximate surface area is 160 Å². The lowest BCUT2D eigenvalue weighted by Crippen LogP contribution is -2.45. The number of carbonyl (C=O) groups excluding carboxylic acids is 3. The topological polar surface area (TPSA) is 103 Å². The maximum Gasteiger partial charge on any atom is 0.408 e. The fourth-order valence-electron chi connectivity index (χ4n) is 1.82. The van der Waals surface area contributed by atoms with Crippen LogP contribution in [0.2, 0.25) is 0 Å². The van der Waals surface area contributed by atoms with Gasteiger partial charge in [0, 0.05) is 11.9 Å². The fourth-order valence-corrected chi connectivity index (χ4v) is 2.11. The van der Waals surface area contributed by atoms with Crippen molar-refractivity contribution in [2.24, 2.45) is 0 Å². The largest absolute Gasteiger partial charge is 0.467 e. The van der Waals surface area contributed by atoms with Crippen molar-refractivity contribution in [2.75, 3.05) is 13.7 Å². The molecule has 0 aromatic carbocycles. The van der Waals surface area contributed by atoms with Gasteiger partial charge in [0.15, 0.2) is 0 Å². The van der Waals surface area contributed by atoms with Gasteiger partial charge in [-0.2, -0.15) is 0 Å². The van der Waals surface area contributed by atoms with Gasteiger partial charge in [-0.15, -0.1) is 11.6 Å². The minimum atomic E-state index is -0.945. The third kappa shape index (κ3) is 12.6. The Kier molecular flexibility index (Phi) is 9.77. The number of hydrogen-bond donors (Lipinski definition) is 2. The molecule has 0 saturated carbocycles. The lowest BCUT2D eigenvalue weighted by atomic mass is 10.1. The van der Waals surface area contributed by atoms with Crippen LogP contribution in [0.5, 0.6) is 0 Å². The number of esters is 1. The Balaban J connectivity index is 4.47. The summed E-state index contributed by atoms with van der Waals surface area (Å²) in [4.78, 5) is 35.3. The van der Waals surface area contributed by atoms with Crippen LogP contribution in [-0.2, 0) is 19.0 Å². The number of rotatable bonds is 7. The molecule has 0 heterocycles. The zero-order valence-corrected chi connectivity index (χ0v) is 17.4. The number of halogens is 1. The van der Waals surface area contributed by atoms with Gasteiger partial charge in [0.1, 0.15) is 17.2 Å². The number of amides is 2. The summed E-state index contributed by atoms with van der Waals surface area (Å²) in [5, 5.41) is 4.56. The molecule has 0 radical (unpaired) electrons. The number of methoxy groups -OCH3 is 1. The van der Waals surface area contributed by atoms with Gasteiger partial charge in [-0.3, -0.25) is 0 Å². The third-order valence-corrected chi connectivity index (χ3v) is 3.19. The number of ether oxygens (including phenoxy) is 3. The average molecular weight is 395 g/mol. The molecule has 0 unspecified atom stereocenters. The second-order valence-electron chi connectivity index (χ2n) is 7.77. The molecule has 0 aliphatic rings. The van der Waals surface area contributed by atoms with Crippen LogP contribution in [0.1, 0.15) is 54.4 Å². The average Bonchev–Trinajstić information content (AvgIpc) is 2.41. The van der Waals surface area contributed by atoms with E-state index in [4.69, 9.17) is 21.1 Å². The van der Waals surface area contributed by atoms with Crippen LogP contribution in [-0.4, -0.2) is 54.4 Å². The first-order valence-electron chi connectivity index (χ1n) is 8.42. The van der Waals surface area contributed by atoms with Crippen molar-refractivity contribution in [3.05, 3.63) is 0 Å². The van der Waals surface area contributed by atoms with Gasteiger partial charge in [0.05, 0.1) is 7.11 Å². The molecule has 0 aliphatic carbocycles. The molecule has 0 rings (SSSR count). The molecule has 0 saturated heterocycles. The molecule has 152 valence electrons. The van der Waals surface area contributed by atoms with Crippen LogP contribution < -0.4 is 10.6 Å². The van der Waals surface area contributed by atoms with Crippen LogP contribution in [0.15, 0.2) is 0 Å². The lowest BCUT2D eigenvalue weighted by Gasteiger charge is -2.23. The van der Waals surface area contributed by atoms with Crippen LogP contribution in [0.3, 0.4) is 0 Å². The number of hydrogen-bond acceptors (Lipinski definition) is 6. The van der Waals surface area contributed by atoms with Crippen molar-refractivity contribution < 1.29 is 28.6 Å². The second-order valence-corrected chi connectivity index (χ2v) is 8.39. The van der Waals surface area contributed by atoms with Gasteiger partial charge in [0.25, 0.3) is 0 Å².